The molecule has 0 aliphatic heterocycles. The number of H-pyrrole nitrogens is 1. The summed E-state index contributed by atoms with van der Waals surface area (Å²) in [7, 11) is 0. The molecule has 0 aliphatic carbocycles. The Morgan fingerprint density at radius 3 is 2.66 bits per heavy atom. The number of aromatic nitrogens is 5. The average Bonchev–Trinajstić information content (AvgIpc) is 3.23. The van der Waals surface area contributed by atoms with Gasteiger partial charge in [0.05, 0.1) is 23.4 Å². The Kier molecular flexibility index (Phi) is 4.62. The van der Waals surface area contributed by atoms with Gasteiger partial charge in [-0.3, -0.25) is 9.36 Å². The van der Waals surface area contributed by atoms with Crippen molar-refractivity contribution in [1.29, 1.82) is 0 Å². The van der Waals surface area contributed by atoms with Crippen LogP contribution in [0.4, 0.5) is 11.8 Å². The summed E-state index contributed by atoms with van der Waals surface area (Å²) < 4.78 is 1.79. The highest BCUT2D eigenvalue weighted by Gasteiger charge is 2.20. The third-order valence-corrected chi connectivity index (χ3v) is 5.73. The number of nitrogens with zero attached hydrogens (tertiary/aromatic N) is 4. The predicted octanol–water partition coefficient (Wildman–Crippen LogP) is 4.03. The van der Waals surface area contributed by atoms with Crippen LogP contribution in [0.5, 0.6) is 0 Å². The second-order valence-corrected chi connectivity index (χ2v) is 7.93. The SMILES string of the molecule is Cc1ccccc1-n1c(C(C)Nc2nc(N)nc3[nH]cnc23)cc2cccc(C)c2c1=O. The fraction of sp³-hybridized carbons (Fsp3) is 0.167. The molecule has 1 atom stereocenters. The number of nitrogens with two attached hydrogens (primary N) is 1. The van der Waals surface area contributed by atoms with Crippen LogP contribution in [0.2, 0.25) is 0 Å². The van der Waals surface area contributed by atoms with Crippen molar-refractivity contribution < 1.29 is 0 Å². The number of rotatable bonds is 4. The summed E-state index contributed by atoms with van der Waals surface area (Å²) in [6, 6.07) is 15.6. The van der Waals surface area contributed by atoms with Crippen LogP contribution in [-0.4, -0.2) is 24.5 Å². The minimum Gasteiger partial charge on any atom is -0.368 e. The molecule has 32 heavy (non-hydrogen) atoms. The maximum atomic E-state index is 13.8. The summed E-state index contributed by atoms with van der Waals surface area (Å²) in [5, 5.41) is 5.01. The van der Waals surface area contributed by atoms with Crippen LogP contribution in [-0.2, 0) is 0 Å². The monoisotopic (exact) mass is 425 g/mol. The lowest BCUT2D eigenvalue weighted by Gasteiger charge is -2.22. The van der Waals surface area contributed by atoms with E-state index in [0.29, 0.717) is 22.4 Å². The zero-order chi connectivity index (χ0) is 22.4. The standard InChI is InChI=1S/C24H23N7O/c1-13-7-4-5-10-17(13)31-18(11-16-9-6-8-14(2)19(16)23(31)32)15(3)28-22-20-21(27-12-26-20)29-24(25)30-22/h4-12,15H,1-3H3,(H4,25,26,27,28,29,30). The first kappa shape index (κ1) is 19.7. The zero-order valence-electron chi connectivity index (χ0n) is 18.0. The molecular formula is C24H23N7O. The van der Waals surface area contributed by atoms with Gasteiger partial charge in [-0.25, -0.2) is 4.98 Å². The molecule has 4 N–H and O–H groups in total. The van der Waals surface area contributed by atoms with Crippen LogP contribution >= 0.6 is 0 Å². The summed E-state index contributed by atoms with van der Waals surface area (Å²) in [4.78, 5) is 29.6. The number of benzene rings is 2. The number of nitrogens with one attached hydrogen (secondary N) is 2. The Morgan fingerprint density at radius 2 is 1.84 bits per heavy atom. The van der Waals surface area contributed by atoms with Gasteiger partial charge in [0.1, 0.15) is 5.52 Å². The van der Waals surface area contributed by atoms with E-state index in [4.69, 9.17) is 5.73 Å². The molecule has 0 saturated carbocycles. The molecule has 0 amide bonds. The summed E-state index contributed by atoms with van der Waals surface area (Å²) in [5.74, 6) is 0.649. The largest absolute Gasteiger partial charge is 0.368 e. The van der Waals surface area contributed by atoms with Gasteiger partial charge in [0, 0.05) is 5.69 Å². The normalized spacial score (nSPS) is 12.3. The molecule has 160 valence electrons. The second-order valence-electron chi connectivity index (χ2n) is 7.93. The second kappa shape index (κ2) is 7.49. The smallest absolute Gasteiger partial charge is 0.263 e. The fourth-order valence-electron chi connectivity index (χ4n) is 4.17. The number of anilines is 2. The minimum absolute atomic E-state index is 0.0503. The number of pyridine rings is 1. The van der Waals surface area contributed by atoms with Crippen molar-refractivity contribution in [2.24, 2.45) is 0 Å². The molecule has 5 rings (SSSR count). The van der Waals surface area contributed by atoms with E-state index in [-0.39, 0.29) is 17.5 Å². The number of imidazole rings is 1. The van der Waals surface area contributed by atoms with Crippen molar-refractivity contribution in [2.75, 3.05) is 11.1 Å². The lowest BCUT2D eigenvalue weighted by atomic mass is 10.0. The van der Waals surface area contributed by atoms with E-state index >= 15 is 0 Å². The van der Waals surface area contributed by atoms with Crippen LogP contribution < -0.4 is 16.6 Å². The Hall–Kier alpha value is -4.20. The number of aryl methyl sites for hydroxylation is 2. The van der Waals surface area contributed by atoms with Crippen molar-refractivity contribution in [1.82, 2.24) is 24.5 Å². The van der Waals surface area contributed by atoms with Crippen molar-refractivity contribution in [3.05, 3.63) is 82.0 Å². The minimum atomic E-state index is -0.276. The van der Waals surface area contributed by atoms with Gasteiger partial charge in [0.15, 0.2) is 11.5 Å². The van der Waals surface area contributed by atoms with E-state index in [1.165, 1.54) is 0 Å². The van der Waals surface area contributed by atoms with Crippen LogP contribution in [0.25, 0.3) is 27.6 Å². The maximum Gasteiger partial charge on any atom is 0.263 e. The molecule has 5 aromatic rings. The van der Waals surface area contributed by atoms with Gasteiger partial charge in [-0.2, -0.15) is 9.97 Å². The molecule has 0 bridgehead atoms. The van der Waals surface area contributed by atoms with Crippen LogP contribution in [0, 0.1) is 13.8 Å². The van der Waals surface area contributed by atoms with E-state index in [1.54, 1.807) is 10.9 Å². The van der Waals surface area contributed by atoms with Crippen LogP contribution in [0.3, 0.4) is 0 Å². The number of hydrogen-bond donors (Lipinski definition) is 3. The number of para-hydroxylation sites is 1. The van der Waals surface area contributed by atoms with Crippen LogP contribution in [0.1, 0.15) is 29.8 Å². The Labute approximate surface area is 184 Å². The molecule has 3 aromatic heterocycles. The van der Waals surface area contributed by atoms with Gasteiger partial charge in [-0.15, -0.1) is 0 Å². The molecule has 0 fully saturated rings. The highest BCUT2D eigenvalue weighted by atomic mass is 16.1. The third kappa shape index (κ3) is 3.17. The molecule has 8 heteroatoms. The summed E-state index contributed by atoms with van der Waals surface area (Å²) >= 11 is 0. The van der Waals surface area contributed by atoms with Gasteiger partial charge in [0.2, 0.25) is 5.95 Å². The lowest BCUT2D eigenvalue weighted by Crippen LogP contribution is -2.26. The van der Waals surface area contributed by atoms with Gasteiger partial charge in [-0.1, -0.05) is 36.4 Å². The van der Waals surface area contributed by atoms with E-state index in [9.17, 15) is 4.79 Å². The van der Waals surface area contributed by atoms with Crippen molar-refractivity contribution in [3.63, 3.8) is 0 Å². The molecule has 0 saturated heterocycles. The first-order chi connectivity index (χ1) is 15.4. The maximum absolute atomic E-state index is 13.8. The Morgan fingerprint density at radius 1 is 1.06 bits per heavy atom. The Bertz CT molecular complexity index is 1530. The Balaban J connectivity index is 1.74. The topological polar surface area (TPSA) is 115 Å². The molecule has 0 spiro atoms. The first-order valence-electron chi connectivity index (χ1n) is 10.4. The summed E-state index contributed by atoms with van der Waals surface area (Å²) in [5.41, 5.74) is 10.6. The first-order valence-corrected chi connectivity index (χ1v) is 10.4. The third-order valence-electron chi connectivity index (χ3n) is 5.73. The highest BCUT2D eigenvalue weighted by molar-refractivity contribution is 5.86. The quantitative estimate of drug-likeness (QED) is 0.400. The van der Waals surface area contributed by atoms with E-state index < -0.39 is 0 Å². The molecule has 2 aromatic carbocycles. The van der Waals surface area contributed by atoms with Crippen molar-refractivity contribution in [3.8, 4) is 5.69 Å². The van der Waals surface area contributed by atoms with Gasteiger partial charge in [-0.05, 0) is 49.4 Å². The van der Waals surface area contributed by atoms with Gasteiger partial charge in [0.25, 0.3) is 5.56 Å². The number of aromatic amines is 1. The van der Waals surface area contributed by atoms with Gasteiger partial charge >= 0.3 is 0 Å². The van der Waals surface area contributed by atoms with Crippen LogP contribution in [0.15, 0.2) is 59.7 Å². The molecule has 1 unspecified atom stereocenters. The number of nitrogen functional groups attached to an aromatic ring is 1. The molecule has 0 radical (unpaired) electrons. The van der Waals surface area contributed by atoms with Crippen molar-refractivity contribution >= 4 is 33.7 Å². The predicted molar refractivity (Wildman–Crippen MR) is 127 cm³/mol. The van der Waals surface area contributed by atoms with E-state index in [0.717, 1.165) is 27.9 Å². The average molecular weight is 425 g/mol. The highest BCUT2D eigenvalue weighted by Crippen LogP contribution is 2.28. The number of fused-ring (bicyclic) bond motifs is 2. The molecular weight excluding hydrogens is 402 g/mol. The van der Waals surface area contributed by atoms with E-state index in [2.05, 4.69) is 31.3 Å². The zero-order valence-corrected chi connectivity index (χ0v) is 18.0. The molecule has 0 aliphatic rings. The molecule has 8 nitrogen and oxygen atoms in total. The number of hydrogen-bond acceptors (Lipinski definition) is 6. The van der Waals surface area contributed by atoms with E-state index in [1.807, 2.05) is 63.2 Å². The van der Waals surface area contributed by atoms with Crippen molar-refractivity contribution in [2.45, 2.75) is 26.8 Å². The summed E-state index contributed by atoms with van der Waals surface area (Å²) in [6.07, 6.45) is 1.55. The fourth-order valence-corrected chi connectivity index (χ4v) is 4.17. The lowest BCUT2D eigenvalue weighted by molar-refractivity contribution is 0.772. The summed E-state index contributed by atoms with van der Waals surface area (Å²) in [6.45, 7) is 5.96. The molecule has 3 heterocycles. The van der Waals surface area contributed by atoms with Gasteiger partial charge < -0.3 is 16.0 Å².